The third kappa shape index (κ3) is 3.85. The smallest absolute Gasteiger partial charge is 0.261 e. The Kier molecular flexibility index (Phi) is 4.37. The Hall–Kier alpha value is -2.36. The van der Waals surface area contributed by atoms with Gasteiger partial charge in [-0.25, -0.2) is 0 Å². The Morgan fingerprint density at radius 2 is 1.86 bits per heavy atom. The number of aromatic nitrogens is 1. The number of hydrogen-bond donors (Lipinski definition) is 0. The fourth-order valence-corrected chi connectivity index (χ4v) is 2.35. The van der Waals surface area contributed by atoms with Crippen LogP contribution in [0.3, 0.4) is 0 Å². The molecule has 4 heteroatoms. The number of hydrogen-bond acceptors (Lipinski definition) is 3. The van der Waals surface area contributed by atoms with Gasteiger partial charge in [-0.3, -0.25) is 9.78 Å². The van der Waals surface area contributed by atoms with Gasteiger partial charge in [0, 0.05) is 25.0 Å². The van der Waals surface area contributed by atoms with E-state index >= 15 is 0 Å². The normalized spacial score (nSPS) is 13.7. The molecule has 1 aliphatic carbocycles. The van der Waals surface area contributed by atoms with Gasteiger partial charge in [0.25, 0.3) is 5.91 Å². The molecular formula is C18H20N2O2. The molecule has 114 valence electrons. The summed E-state index contributed by atoms with van der Waals surface area (Å²) in [6, 6.07) is 12.0. The maximum atomic E-state index is 12.5. The molecule has 22 heavy (non-hydrogen) atoms. The molecular weight excluding hydrogens is 276 g/mol. The molecule has 1 aromatic carbocycles. The minimum Gasteiger partial charge on any atom is -0.484 e. The number of carbonyl (C=O) groups excluding carboxylic acids is 1. The summed E-state index contributed by atoms with van der Waals surface area (Å²) in [5.74, 6) is 0.776. The van der Waals surface area contributed by atoms with Crippen molar-refractivity contribution < 1.29 is 9.53 Å². The van der Waals surface area contributed by atoms with Crippen LogP contribution in [0.4, 0.5) is 0 Å². The van der Waals surface area contributed by atoms with Gasteiger partial charge in [0.2, 0.25) is 0 Å². The minimum atomic E-state index is 0.0416. The largest absolute Gasteiger partial charge is 0.484 e. The summed E-state index contributed by atoms with van der Waals surface area (Å²) in [7, 11) is 0. The Bertz CT molecular complexity index is 621. The van der Waals surface area contributed by atoms with E-state index in [4.69, 9.17) is 4.74 Å². The highest BCUT2D eigenvalue weighted by atomic mass is 16.5. The van der Waals surface area contributed by atoms with E-state index in [2.05, 4.69) is 4.98 Å². The average Bonchev–Trinajstić information content (AvgIpc) is 3.37. The van der Waals surface area contributed by atoms with E-state index in [0.29, 0.717) is 12.6 Å². The topological polar surface area (TPSA) is 42.4 Å². The third-order valence-corrected chi connectivity index (χ3v) is 3.79. The molecule has 1 aliphatic rings. The highest BCUT2D eigenvalue weighted by Gasteiger charge is 2.32. The third-order valence-electron chi connectivity index (χ3n) is 3.79. The molecule has 1 fully saturated rings. The van der Waals surface area contributed by atoms with Crippen molar-refractivity contribution in [1.29, 1.82) is 0 Å². The van der Waals surface area contributed by atoms with E-state index in [-0.39, 0.29) is 12.5 Å². The molecule has 0 atom stereocenters. The van der Waals surface area contributed by atoms with Gasteiger partial charge in [0.15, 0.2) is 6.61 Å². The van der Waals surface area contributed by atoms with Crippen LogP contribution >= 0.6 is 0 Å². The lowest BCUT2D eigenvalue weighted by Gasteiger charge is -2.22. The summed E-state index contributed by atoms with van der Waals surface area (Å²) in [6.45, 7) is 2.74. The van der Waals surface area contributed by atoms with Gasteiger partial charge < -0.3 is 9.64 Å². The molecule has 0 aliphatic heterocycles. The van der Waals surface area contributed by atoms with Crippen molar-refractivity contribution in [2.24, 2.45) is 0 Å². The van der Waals surface area contributed by atoms with Crippen molar-refractivity contribution in [3.8, 4) is 5.75 Å². The van der Waals surface area contributed by atoms with E-state index in [1.165, 1.54) is 5.56 Å². The minimum absolute atomic E-state index is 0.0416. The monoisotopic (exact) mass is 296 g/mol. The predicted molar refractivity (Wildman–Crippen MR) is 84.5 cm³/mol. The molecule has 1 heterocycles. The van der Waals surface area contributed by atoms with Crippen molar-refractivity contribution in [3.63, 3.8) is 0 Å². The van der Waals surface area contributed by atoms with Gasteiger partial charge in [-0.15, -0.1) is 0 Å². The van der Waals surface area contributed by atoms with E-state index < -0.39 is 0 Å². The average molecular weight is 296 g/mol. The predicted octanol–water partition coefficient (Wildman–Crippen LogP) is 2.96. The zero-order valence-electron chi connectivity index (χ0n) is 12.7. The van der Waals surface area contributed by atoms with Crippen LogP contribution in [-0.2, 0) is 11.3 Å². The lowest BCUT2D eigenvalue weighted by atomic mass is 10.2. The maximum Gasteiger partial charge on any atom is 0.261 e. The van der Waals surface area contributed by atoms with Crippen molar-refractivity contribution in [1.82, 2.24) is 9.88 Å². The highest BCUT2D eigenvalue weighted by molar-refractivity contribution is 5.78. The van der Waals surface area contributed by atoms with Gasteiger partial charge in [-0.1, -0.05) is 17.7 Å². The highest BCUT2D eigenvalue weighted by Crippen LogP contribution is 2.28. The Labute approximate surface area is 130 Å². The Morgan fingerprint density at radius 1 is 1.18 bits per heavy atom. The van der Waals surface area contributed by atoms with Crippen LogP contribution in [0.15, 0.2) is 48.8 Å². The summed E-state index contributed by atoms with van der Waals surface area (Å²) in [5, 5.41) is 0. The molecule has 0 saturated heterocycles. The van der Waals surface area contributed by atoms with E-state index in [0.717, 1.165) is 24.2 Å². The van der Waals surface area contributed by atoms with Crippen LogP contribution in [0.25, 0.3) is 0 Å². The first kappa shape index (κ1) is 14.6. The first-order valence-electron chi connectivity index (χ1n) is 7.60. The fourth-order valence-electron chi connectivity index (χ4n) is 2.35. The molecule has 3 rings (SSSR count). The second-order valence-electron chi connectivity index (χ2n) is 5.71. The molecule has 0 bridgehead atoms. The molecule has 0 unspecified atom stereocenters. The van der Waals surface area contributed by atoms with Crippen LogP contribution in [0.2, 0.25) is 0 Å². The van der Waals surface area contributed by atoms with E-state index in [1.54, 1.807) is 12.4 Å². The summed E-state index contributed by atoms with van der Waals surface area (Å²) in [4.78, 5) is 18.4. The van der Waals surface area contributed by atoms with Crippen molar-refractivity contribution in [3.05, 3.63) is 59.9 Å². The molecule has 0 radical (unpaired) electrons. The second kappa shape index (κ2) is 6.60. The van der Waals surface area contributed by atoms with Gasteiger partial charge >= 0.3 is 0 Å². The number of carbonyl (C=O) groups is 1. The molecule has 2 aromatic rings. The van der Waals surface area contributed by atoms with Crippen molar-refractivity contribution in [2.75, 3.05) is 6.61 Å². The number of pyridine rings is 1. The summed E-state index contributed by atoms with van der Waals surface area (Å²) < 4.78 is 5.62. The zero-order valence-corrected chi connectivity index (χ0v) is 12.7. The summed E-state index contributed by atoms with van der Waals surface area (Å²) in [5.41, 5.74) is 2.28. The first-order valence-corrected chi connectivity index (χ1v) is 7.60. The van der Waals surface area contributed by atoms with Gasteiger partial charge in [-0.2, -0.15) is 0 Å². The van der Waals surface area contributed by atoms with Crippen LogP contribution in [0, 0.1) is 6.92 Å². The van der Waals surface area contributed by atoms with Crippen molar-refractivity contribution >= 4 is 5.91 Å². The standard InChI is InChI=1S/C18H20N2O2/c1-14-2-6-17(7-3-14)22-13-18(21)20(16-4-5-16)12-15-8-10-19-11-9-15/h2-3,6-11,16H,4-5,12-13H2,1H3. The van der Waals surface area contributed by atoms with Crippen molar-refractivity contribution in [2.45, 2.75) is 32.4 Å². The Morgan fingerprint density at radius 3 is 2.50 bits per heavy atom. The summed E-state index contributed by atoms with van der Waals surface area (Å²) in [6.07, 6.45) is 5.68. The number of amides is 1. The number of rotatable bonds is 6. The molecule has 1 saturated carbocycles. The molecule has 0 N–H and O–H groups in total. The molecule has 0 spiro atoms. The number of aryl methyl sites for hydroxylation is 1. The van der Waals surface area contributed by atoms with E-state index in [1.807, 2.05) is 48.2 Å². The van der Waals surface area contributed by atoms with Crippen LogP contribution in [0.1, 0.15) is 24.0 Å². The number of nitrogens with zero attached hydrogens (tertiary/aromatic N) is 2. The molecule has 1 aromatic heterocycles. The SMILES string of the molecule is Cc1ccc(OCC(=O)N(Cc2ccncc2)C2CC2)cc1. The maximum absolute atomic E-state index is 12.5. The zero-order chi connectivity index (χ0) is 15.4. The summed E-state index contributed by atoms with van der Waals surface area (Å²) >= 11 is 0. The first-order chi connectivity index (χ1) is 10.7. The second-order valence-corrected chi connectivity index (χ2v) is 5.71. The van der Waals surface area contributed by atoms with Gasteiger partial charge in [-0.05, 0) is 49.6 Å². The molecule has 1 amide bonds. The molecule has 4 nitrogen and oxygen atoms in total. The van der Waals surface area contributed by atoms with Crippen LogP contribution < -0.4 is 4.74 Å². The van der Waals surface area contributed by atoms with Crippen LogP contribution in [0.5, 0.6) is 5.75 Å². The number of ether oxygens (including phenoxy) is 1. The lowest BCUT2D eigenvalue weighted by Crippen LogP contribution is -2.36. The van der Waals surface area contributed by atoms with Crippen LogP contribution in [-0.4, -0.2) is 28.4 Å². The van der Waals surface area contributed by atoms with E-state index in [9.17, 15) is 4.79 Å². The Balaban J connectivity index is 1.59. The lowest BCUT2D eigenvalue weighted by molar-refractivity contribution is -0.134. The number of benzene rings is 1. The quantitative estimate of drug-likeness (QED) is 0.823. The van der Waals surface area contributed by atoms with Gasteiger partial charge in [0.1, 0.15) is 5.75 Å². The van der Waals surface area contributed by atoms with Gasteiger partial charge in [0.05, 0.1) is 0 Å². The fraction of sp³-hybridized carbons (Fsp3) is 0.333.